The summed E-state index contributed by atoms with van der Waals surface area (Å²) in [5, 5.41) is 3.43. The lowest BCUT2D eigenvalue weighted by Gasteiger charge is -2.08. The van der Waals surface area contributed by atoms with Crippen molar-refractivity contribution in [2.24, 2.45) is 5.92 Å². The van der Waals surface area contributed by atoms with E-state index in [1.54, 1.807) is 6.08 Å². The van der Waals surface area contributed by atoms with Crippen molar-refractivity contribution in [2.45, 2.75) is 32.3 Å². The third kappa shape index (κ3) is 3.23. The fourth-order valence-corrected chi connectivity index (χ4v) is 3.71. The standard InChI is InChI=1S/C17H18N2O3S/c1-10-8-12(10)14-4-2-11(22-14)3-5-16(20)19-17-18-13-6-7-21-9-15(13)23-17/h2-5,10,12H,6-9H2,1H3,(H,18,19,20). The number of anilines is 1. The molecule has 3 heterocycles. The van der Waals surface area contributed by atoms with Gasteiger partial charge in [0.05, 0.1) is 23.8 Å². The number of ether oxygens (including phenoxy) is 1. The second-order valence-electron chi connectivity index (χ2n) is 6.07. The summed E-state index contributed by atoms with van der Waals surface area (Å²) in [6.45, 7) is 3.51. The molecule has 0 saturated heterocycles. The largest absolute Gasteiger partial charge is 0.461 e. The van der Waals surface area contributed by atoms with Crippen molar-refractivity contribution in [1.82, 2.24) is 4.98 Å². The van der Waals surface area contributed by atoms with Gasteiger partial charge in [-0.1, -0.05) is 18.3 Å². The van der Waals surface area contributed by atoms with E-state index < -0.39 is 0 Å². The molecule has 1 saturated carbocycles. The maximum Gasteiger partial charge on any atom is 0.250 e. The van der Waals surface area contributed by atoms with E-state index in [1.807, 2.05) is 12.1 Å². The Hall–Kier alpha value is -1.92. The molecule has 0 bridgehead atoms. The van der Waals surface area contributed by atoms with Crippen LogP contribution in [-0.4, -0.2) is 17.5 Å². The Balaban J connectivity index is 1.37. The fraction of sp³-hybridized carbons (Fsp3) is 0.412. The summed E-state index contributed by atoms with van der Waals surface area (Å²) < 4.78 is 11.1. The molecule has 120 valence electrons. The Kier molecular flexibility index (Phi) is 3.79. The summed E-state index contributed by atoms with van der Waals surface area (Å²) in [5.41, 5.74) is 1.04. The summed E-state index contributed by atoms with van der Waals surface area (Å²) in [7, 11) is 0. The average molecular weight is 330 g/mol. The number of carbonyl (C=O) groups is 1. The van der Waals surface area contributed by atoms with Crippen LogP contribution in [-0.2, 0) is 22.6 Å². The smallest absolute Gasteiger partial charge is 0.250 e. The van der Waals surface area contributed by atoms with Gasteiger partial charge in [0, 0.05) is 18.4 Å². The molecule has 4 rings (SSSR count). The van der Waals surface area contributed by atoms with E-state index in [9.17, 15) is 4.79 Å². The van der Waals surface area contributed by atoms with Crippen LogP contribution in [0.15, 0.2) is 22.6 Å². The molecule has 2 aliphatic rings. The maximum absolute atomic E-state index is 12.0. The van der Waals surface area contributed by atoms with E-state index in [-0.39, 0.29) is 5.91 Å². The Bertz CT molecular complexity index is 738. The first-order valence-electron chi connectivity index (χ1n) is 7.84. The van der Waals surface area contributed by atoms with E-state index in [1.165, 1.54) is 23.8 Å². The molecule has 1 N–H and O–H groups in total. The summed E-state index contributed by atoms with van der Waals surface area (Å²) in [5.74, 6) is 2.79. The molecule has 0 spiro atoms. The highest BCUT2D eigenvalue weighted by atomic mass is 32.1. The third-order valence-electron chi connectivity index (χ3n) is 4.25. The maximum atomic E-state index is 12.0. The minimum atomic E-state index is -0.199. The number of rotatable bonds is 4. The summed E-state index contributed by atoms with van der Waals surface area (Å²) >= 11 is 1.48. The van der Waals surface area contributed by atoms with Crippen LogP contribution in [0, 0.1) is 5.92 Å². The van der Waals surface area contributed by atoms with E-state index >= 15 is 0 Å². The Morgan fingerprint density at radius 3 is 3.13 bits per heavy atom. The van der Waals surface area contributed by atoms with Crippen LogP contribution in [0.1, 0.15) is 41.4 Å². The molecule has 0 radical (unpaired) electrons. The SMILES string of the molecule is CC1CC1c1ccc(C=CC(=O)Nc2nc3c(s2)COCC3)o1. The first-order valence-corrected chi connectivity index (χ1v) is 8.66. The van der Waals surface area contributed by atoms with E-state index in [0.717, 1.165) is 22.8 Å². The number of fused-ring (bicyclic) bond motifs is 1. The monoisotopic (exact) mass is 330 g/mol. The van der Waals surface area contributed by atoms with Gasteiger partial charge in [0.1, 0.15) is 11.5 Å². The second-order valence-corrected chi connectivity index (χ2v) is 7.16. The van der Waals surface area contributed by atoms with Crippen LogP contribution in [0.2, 0.25) is 0 Å². The van der Waals surface area contributed by atoms with E-state index in [0.29, 0.717) is 35.9 Å². The Morgan fingerprint density at radius 1 is 1.48 bits per heavy atom. The number of hydrogen-bond acceptors (Lipinski definition) is 5. The Morgan fingerprint density at radius 2 is 2.35 bits per heavy atom. The highest BCUT2D eigenvalue weighted by Gasteiger charge is 2.36. The number of hydrogen-bond donors (Lipinski definition) is 1. The van der Waals surface area contributed by atoms with Crippen molar-refractivity contribution in [2.75, 3.05) is 11.9 Å². The van der Waals surface area contributed by atoms with Gasteiger partial charge in [0.15, 0.2) is 5.13 Å². The number of aromatic nitrogens is 1. The van der Waals surface area contributed by atoms with Gasteiger partial charge in [-0.15, -0.1) is 0 Å². The predicted octanol–water partition coefficient (Wildman–Crippen LogP) is 3.58. The molecule has 1 amide bonds. The zero-order valence-electron chi connectivity index (χ0n) is 12.9. The number of furan rings is 1. The van der Waals surface area contributed by atoms with Gasteiger partial charge >= 0.3 is 0 Å². The number of nitrogens with zero attached hydrogens (tertiary/aromatic N) is 1. The summed E-state index contributed by atoms with van der Waals surface area (Å²) in [4.78, 5) is 17.5. The van der Waals surface area contributed by atoms with Gasteiger partial charge < -0.3 is 9.15 Å². The van der Waals surface area contributed by atoms with Crippen molar-refractivity contribution in [1.29, 1.82) is 0 Å². The first kappa shape index (κ1) is 14.7. The molecule has 1 aliphatic heterocycles. The predicted molar refractivity (Wildman–Crippen MR) is 88.4 cm³/mol. The molecule has 5 nitrogen and oxygen atoms in total. The molecule has 2 aromatic heterocycles. The molecule has 2 unspecified atom stereocenters. The van der Waals surface area contributed by atoms with Gasteiger partial charge in [-0.3, -0.25) is 10.1 Å². The minimum absolute atomic E-state index is 0.199. The lowest BCUT2D eigenvalue weighted by molar-refractivity contribution is -0.111. The fourth-order valence-electron chi connectivity index (χ4n) is 2.76. The molecule has 1 aliphatic carbocycles. The van der Waals surface area contributed by atoms with Crippen molar-refractivity contribution in [3.8, 4) is 0 Å². The van der Waals surface area contributed by atoms with Crippen molar-refractivity contribution >= 4 is 28.5 Å². The van der Waals surface area contributed by atoms with Crippen LogP contribution < -0.4 is 5.32 Å². The average Bonchev–Trinajstić information content (AvgIpc) is 2.97. The summed E-state index contributed by atoms with van der Waals surface area (Å²) in [6, 6.07) is 3.91. The third-order valence-corrected chi connectivity index (χ3v) is 5.23. The normalized spacial score (nSPS) is 23.0. The number of nitrogens with one attached hydrogen (secondary N) is 1. The van der Waals surface area contributed by atoms with Crippen LogP contribution in [0.4, 0.5) is 5.13 Å². The highest BCUT2D eigenvalue weighted by molar-refractivity contribution is 7.15. The number of amides is 1. The van der Waals surface area contributed by atoms with Gasteiger partial charge in [0.2, 0.25) is 5.91 Å². The second kappa shape index (κ2) is 5.94. The van der Waals surface area contributed by atoms with Gasteiger partial charge in [0.25, 0.3) is 0 Å². The number of thiazole rings is 1. The molecule has 2 atom stereocenters. The van der Waals surface area contributed by atoms with E-state index in [2.05, 4.69) is 17.2 Å². The van der Waals surface area contributed by atoms with Crippen LogP contribution in [0.3, 0.4) is 0 Å². The molecular formula is C17H18N2O3S. The molecule has 2 aromatic rings. The topological polar surface area (TPSA) is 64.4 Å². The van der Waals surface area contributed by atoms with Gasteiger partial charge in [-0.05, 0) is 30.5 Å². The van der Waals surface area contributed by atoms with Crippen LogP contribution >= 0.6 is 11.3 Å². The number of carbonyl (C=O) groups excluding carboxylic acids is 1. The molecule has 23 heavy (non-hydrogen) atoms. The lowest BCUT2D eigenvalue weighted by Crippen LogP contribution is -2.09. The van der Waals surface area contributed by atoms with Gasteiger partial charge in [-0.25, -0.2) is 4.98 Å². The molecule has 1 fully saturated rings. The zero-order chi connectivity index (χ0) is 15.8. The van der Waals surface area contributed by atoms with E-state index in [4.69, 9.17) is 9.15 Å². The van der Waals surface area contributed by atoms with Crippen LogP contribution in [0.5, 0.6) is 0 Å². The zero-order valence-corrected chi connectivity index (χ0v) is 13.7. The van der Waals surface area contributed by atoms with Crippen LogP contribution in [0.25, 0.3) is 6.08 Å². The lowest BCUT2D eigenvalue weighted by atomic mass is 10.2. The highest BCUT2D eigenvalue weighted by Crippen LogP contribution is 2.47. The van der Waals surface area contributed by atoms with Gasteiger partial charge in [-0.2, -0.15) is 0 Å². The molecular weight excluding hydrogens is 312 g/mol. The Labute approximate surface area is 138 Å². The molecule has 0 aromatic carbocycles. The first-order chi connectivity index (χ1) is 11.2. The summed E-state index contributed by atoms with van der Waals surface area (Å²) in [6.07, 6.45) is 5.18. The quantitative estimate of drug-likeness (QED) is 0.870. The minimum Gasteiger partial charge on any atom is -0.461 e. The van der Waals surface area contributed by atoms with Crippen molar-refractivity contribution < 1.29 is 13.9 Å². The molecule has 6 heteroatoms. The van der Waals surface area contributed by atoms with Crippen molar-refractivity contribution in [3.05, 3.63) is 40.3 Å². The van der Waals surface area contributed by atoms with Crippen molar-refractivity contribution in [3.63, 3.8) is 0 Å².